The molecule has 23 heavy (non-hydrogen) atoms. The van der Waals surface area contributed by atoms with Gasteiger partial charge in [0.05, 0.1) is 0 Å². The number of benzene rings is 1. The van der Waals surface area contributed by atoms with Gasteiger partial charge in [0.15, 0.2) is 0 Å². The average Bonchev–Trinajstić information content (AvgIpc) is 2.55. The fourth-order valence-corrected chi connectivity index (χ4v) is 2.62. The van der Waals surface area contributed by atoms with Crippen molar-refractivity contribution in [1.82, 2.24) is 0 Å². The number of hydrogen-bond acceptors (Lipinski definition) is 2. The number of carbonyl (C=O) groups is 2. The Balaban J connectivity index is 2.17. The third-order valence-electron chi connectivity index (χ3n) is 3.97. The number of aliphatic carboxylic acids is 1. The van der Waals surface area contributed by atoms with Crippen LogP contribution in [0.25, 0.3) is 6.08 Å². The summed E-state index contributed by atoms with van der Waals surface area (Å²) in [7, 11) is 0. The number of unbranched alkanes of at least 4 members (excludes halogenated alkanes) is 5. The van der Waals surface area contributed by atoms with Gasteiger partial charge in [-0.25, -0.2) is 0 Å². The summed E-state index contributed by atoms with van der Waals surface area (Å²) in [4.78, 5) is 21.2. The second kappa shape index (κ2) is 12.6. The Kier molecular flexibility index (Phi) is 10.5. The van der Waals surface area contributed by atoms with Crippen molar-refractivity contribution in [3.05, 3.63) is 42.0 Å². The van der Waals surface area contributed by atoms with Gasteiger partial charge in [-0.3, -0.25) is 4.79 Å². The molecule has 0 amide bonds. The van der Waals surface area contributed by atoms with Gasteiger partial charge in [-0.05, 0) is 24.3 Å². The van der Waals surface area contributed by atoms with Gasteiger partial charge in [0.25, 0.3) is 0 Å². The summed E-state index contributed by atoms with van der Waals surface area (Å²) >= 11 is 0. The highest BCUT2D eigenvalue weighted by Gasteiger charge is 2.04. The molecule has 1 unspecified atom stereocenters. The van der Waals surface area contributed by atoms with Crippen molar-refractivity contribution in [1.29, 1.82) is 0 Å². The molecule has 3 heteroatoms. The number of carboxylic acid groups (broad SMARTS) is 1. The lowest BCUT2D eigenvalue weighted by atomic mass is 9.96. The molecule has 0 bridgehead atoms. The van der Waals surface area contributed by atoms with Crippen LogP contribution in [0.2, 0.25) is 0 Å². The van der Waals surface area contributed by atoms with E-state index in [1.807, 2.05) is 18.2 Å². The van der Waals surface area contributed by atoms with Crippen LogP contribution in [0.3, 0.4) is 0 Å². The molecule has 0 aliphatic carbocycles. The summed E-state index contributed by atoms with van der Waals surface area (Å²) in [5, 5.41) is 8.56. The third-order valence-corrected chi connectivity index (χ3v) is 3.97. The fraction of sp³-hybridized carbons (Fsp3) is 0.500. The monoisotopic (exact) mass is 316 g/mol. The number of rotatable bonds is 13. The number of aldehydes is 1. The van der Waals surface area contributed by atoms with Crippen molar-refractivity contribution in [2.24, 2.45) is 5.92 Å². The van der Waals surface area contributed by atoms with Crippen molar-refractivity contribution < 1.29 is 14.7 Å². The van der Waals surface area contributed by atoms with Crippen LogP contribution in [0.1, 0.15) is 63.4 Å². The Bertz CT molecular complexity index is 465. The molecule has 1 atom stereocenters. The first-order valence-electron chi connectivity index (χ1n) is 8.61. The molecule has 0 radical (unpaired) electrons. The Hall–Kier alpha value is -1.90. The van der Waals surface area contributed by atoms with Crippen LogP contribution in [-0.4, -0.2) is 17.4 Å². The van der Waals surface area contributed by atoms with Crippen LogP contribution in [0.5, 0.6) is 0 Å². The second-order valence-electron chi connectivity index (χ2n) is 5.99. The maximum absolute atomic E-state index is 10.8. The molecule has 0 fully saturated rings. The molecule has 126 valence electrons. The van der Waals surface area contributed by atoms with E-state index < -0.39 is 5.97 Å². The van der Waals surface area contributed by atoms with E-state index >= 15 is 0 Å². The predicted octanol–water partition coefficient (Wildman–Crippen LogP) is 5.11. The molecule has 1 rings (SSSR count). The smallest absolute Gasteiger partial charge is 0.303 e. The SMILES string of the molecule is O=CCC(/C=C/c1ccccc1)CCCCCCCCC(=O)O. The van der Waals surface area contributed by atoms with E-state index in [0.29, 0.717) is 12.3 Å². The number of allylic oxidation sites excluding steroid dienone is 1. The van der Waals surface area contributed by atoms with Crippen LogP contribution < -0.4 is 0 Å². The molecule has 1 N–H and O–H groups in total. The van der Waals surface area contributed by atoms with Gasteiger partial charge in [0.1, 0.15) is 6.29 Å². The molecule has 3 nitrogen and oxygen atoms in total. The predicted molar refractivity (Wildman–Crippen MR) is 94.2 cm³/mol. The molecule has 1 aromatic carbocycles. The molecule has 0 aliphatic rings. The molecular formula is C20H28O3. The lowest BCUT2D eigenvalue weighted by molar-refractivity contribution is -0.137. The van der Waals surface area contributed by atoms with E-state index in [-0.39, 0.29) is 6.42 Å². The van der Waals surface area contributed by atoms with E-state index in [9.17, 15) is 9.59 Å². The molecular weight excluding hydrogens is 288 g/mol. The highest BCUT2D eigenvalue weighted by atomic mass is 16.4. The Morgan fingerprint density at radius 1 is 1.00 bits per heavy atom. The van der Waals surface area contributed by atoms with E-state index in [1.54, 1.807) is 0 Å². The van der Waals surface area contributed by atoms with Crippen molar-refractivity contribution in [2.75, 3.05) is 0 Å². The van der Waals surface area contributed by atoms with Gasteiger partial charge in [0.2, 0.25) is 0 Å². The van der Waals surface area contributed by atoms with Crippen LogP contribution in [0.4, 0.5) is 0 Å². The summed E-state index contributed by atoms with van der Waals surface area (Å²) in [6.07, 6.45) is 13.5. The summed E-state index contributed by atoms with van der Waals surface area (Å²) in [6.45, 7) is 0. The zero-order chi connectivity index (χ0) is 16.8. The highest BCUT2D eigenvalue weighted by molar-refractivity contribution is 5.66. The quantitative estimate of drug-likeness (QED) is 0.406. The minimum absolute atomic E-state index is 0.283. The maximum atomic E-state index is 10.8. The van der Waals surface area contributed by atoms with Gasteiger partial charge in [0, 0.05) is 12.8 Å². The second-order valence-corrected chi connectivity index (χ2v) is 5.99. The average molecular weight is 316 g/mol. The van der Waals surface area contributed by atoms with Gasteiger partial charge < -0.3 is 9.90 Å². The van der Waals surface area contributed by atoms with Gasteiger partial charge in [-0.15, -0.1) is 0 Å². The van der Waals surface area contributed by atoms with Crippen molar-refractivity contribution in [3.8, 4) is 0 Å². The summed E-state index contributed by atoms with van der Waals surface area (Å²) < 4.78 is 0. The molecule has 0 aliphatic heterocycles. The number of carboxylic acids is 1. The van der Waals surface area contributed by atoms with E-state index in [2.05, 4.69) is 24.3 Å². The van der Waals surface area contributed by atoms with Crippen molar-refractivity contribution in [2.45, 2.75) is 57.8 Å². The van der Waals surface area contributed by atoms with Crippen LogP contribution in [-0.2, 0) is 9.59 Å². The lowest BCUT2D eigenvalue weighted by Gasteiger charge is -2.09. The largest absolute Gasteiger partial charge is 0.481 e. The van der Waals surface area contributed by atoms with Crippen LogP contribution >= 0.6 is 0 Å². The molecule has 0 saturated heterocycles. The first-order valence-corrected chi connectivity index (χ1v) is 8.61. The van der Waals surface area contributed by atoms with Crippen molar-refractivity contribution in [3.63, 3.8) is 0 Å². The Labute approximate surface area is 139 Å². The number of hydrogen-bond donors (Lipinski definition) is 1. The molecule has 0 saturated carbocycles. The highest BCUT2D eigenvalue weighted by Crippen LogP contribution is 2.17. The summed E-state index contributed by atoms with van der Waals surface area (Å²) in [5.41, 5.74) is 1.17. The van der Waals surface area contributed by atoms with E-state index in [1.165, 1.54) is 5.56 Å². The minimum atomic E-state index is -0.702. The molecule has 0 heterocycles. The Morgan fingerprint density at radius 2 is 1.65 bits per heavy atom. The number of carbonyl (C=O) groups excluding carboxylic acids is 1. The van der Waals surface area contributed by atoms with Crippen LogP contribution in [0, 0.1) is 5.92 Å². The molecule has 0 spiro atoms. The third kappa shape index (κ3) is 10.5. The normalized spacial score (nSPS) is 12.3. The van der Waals surface area contributed by atoms with Crippen LogP contribution in [0.15, 0.2) is 36.4 Å². The molecule has 1 aromatic rings. The summed E-state index contributed by atoms with van der Waals surface area (Å²) in [5.74, 6) is -0.383. The maximum Gasteiger partial charge on any atom is 0.303 e. The Morgan fingerprint density at radius 3 is 2.30 bits per heavy atom. The van der Waals surface area contributed by atoms with Crippen molar-refractivity contribution >= 4 is 18.3 Å². The first-order chi connectivity index (χ1) is 11.2. The molecule has 0 aromatic heterocycles. The topological polar surface area (TPSA) is 54.4 Å². The summed E-state index contributed by atoms with van der Waals surface area (Å²) in [6, 6.07) is 10.1. The fourth-order valence-electron chi connectivity index (χ4n) is 2.62. The van der Waals surface area contributed by atoms with Gasteiger partial charge >= 0.3 is 5.97 Å². The standard InChI is InChI=1S/C20H28O3/c21-17-16-19(15-14-18-10-7-5-8-11-18)12-6-3-1-2-4-9-13-20(22)23/h5,7-8,10-11,14-15,17,19H,1-4,6,9,12-13,16H2,(H,22,23)/b15-14+. The van der Waals surface area contributed by atoms with E-state index in [0.717, 1.165) is 51.2 Å². The van der Waals surface area contributed by atoms with E-state index in [4.69, 9.17) is 5.11 Å². The van der Waals surface area contributed by atoms with Gasteiger partial charge in [-0.2, -0.15) is 0 Å². The zero-order valence-electron chi connectivity index (χ0n) is 13.8. The first kappa shape index (κ1) is 19.1. The lowest BCUT2D eigenvalue weighted by Crippen LogP contribution is -1.98. The zero-order valence-corrected chi connectivity index (χ0v) is 13.8. The minimum Gasteiger partial charge on any atom is -0.481 e. The van der Waals surface area contributed by atoms with Gasteiger partial charge in [-0.1, -0.05) is 74.6 Å².